The lowest BCUT2D eigenvalue weighted by Gasteiger charge is -2.35. The number of nitrogens with zero attached hydrogens (tertiary/aromatic N) is 4. The second kappa shape index (κ2) is 11.5. The molecule has 194 valence electrons. The van der Waals surface area contributed by atoms with E-state index in [1.807, 2.05) is 50.4 Å². The summed E-state index contributed by atoms with van der Waals surface area (Å²) in [5, 5.41) is 0.966. The molecule has 2 aliphatic heterocycles. The SMILES string of the molecule is COc1ccc2c(CCN(C)C)cn(C(=O)OCOC(=O)C3CCN(C4=CN(C)C=CC4)CC3)c2c1. The minimum absolute atomic E-state index is 0.188. The molecule has 1 fully saturated rings. The first-order valence-electron chi connectivity index (χ1n) is 12.4. The van der Waals surface area contributed by atoms with Crippen LogP contribution in [0, 0.1) is 5.92 Å². The molecule has 0 atom stereocenters. The van der Waals surface area contributed by atoms with Gasteiger partial charge >= 0.3 is 12.1 Å². The van der Waals surface area contributed by atoms with E-state index in [1.54, 1.807) is 13.3 Å². The first-order valence-corrected chi connectivity index (χ1v) is 12.4. The van der Waals surface area contributed by atoms with Crippen LogP contribution in [-0.4, -0.2) is 86.0 Å². The third-order valence-corrected chi connectivity index (χ3v) is 6.76. The van der Waals surface area contributed by atoms with Crippen LogP contribution in [-0.2, 0) is 20.7 Å². The third-order valence-electron chi connectivity index (χ3n) is 6.76. The van der Waals surface area contributed by atoms with Gasteiger partial charge in [-0.25, -0.2) is 4.79 Å². The molecule has 0 spiro atoms. The average molecular weight is 497 g/mol. The number of benzene rings is 1. The molecule has 0 radical (unpaired) electrons. The van der Waals surface area contributed by atoms with Crippen LogP contribution < -0.4 is 4.74 Å². The zero-order chi connectivity index (χ0) is 25.7. The number of esters is 1. The van der Waals surface area contributed by atoms with Crippen molar-refractivity contribution in [2.24, 2.45) is 5.92 Å². The molecule has 1 aromatic heterocycles. The Hall–Kier alpha value is -3.46. The van der Waals surface area contributed by atoms with Gasteiger partial charge in [-0.1, -0.05) is 6.08 Å². The number of carbonyl (C=O) groups is 2. The maximum absolute atomic E-state index is 12.9. The van der Waals surface area contributed by atoms with Crippen molar-refractivity contribution in [1.82, 2.24) is 19.3 Å². The fourth-order valence-corrected chi connectivity index (χ4v) is 4.71. The summed E-state index contributed by atoms with van der Waals surface area (Å²) in [6.07, 6.45) is 10.6. The van der Waals surface area contributed by atoms with E-state index in [2.05, 4.69) is 22.1 Å². The van der Waals surface area contributed by atoms with E-state index >= 15 is 0 Å². The van der Waals surface area contributed by atoms with Crippen LogP contribution in [0.15, 0.2) is 48.6 Å². The average Bonchev–Trinajstić information content (AvgIpc) is 3.25. The summed E-state index contributed by atoms with van der Waals surface area (Å²) in [6.45, 7) is 2.05. The van der Waals surface area contributed by atoms with Crippen LogP contribution in [0.3, 0.4) is 0 Å². The molecular formula is C27H36N4O5. The van der Waals surface area contributed by atoms with Gasteiger partial charge in [-0.3, -0.25) is 9.36 Å². The molecule has 2 aromatic rings. The molecule has 9 heteroatoms. The number of rotatable bonds is 8. The normalized spacial score (nSPS) is 16.4. The number of aromatic nitrogens is 1. The highest BCUT2D eigenvalue weighted by atomic mass is 16.7. The summed E-state index contributed by atoms with van der Waals surface area (Å²) in [5.41, 5.74) is 3.00. The van der Waals surface area contributed by atoms with Crippen molar-refractivity contribution in [3.8, 4) is 5.75 Å². The van der Waals surface area contributed by atoms with Gasteiger partial charge in [0.25, 0.3) is 0 Å². The van der Waals surface area contributed by atoms with Gasteiger partial charge < -0.3 is 28.9 Å². The van der Waals surface area contributed by atoms with E-state index in [4.69, 9.17) is 14.2 Å². The van der Waals surface area contributed by atoms with Crippen LogP contribution in [0.5, 0.6) is 5.75 Å². The van der Waals surface area contributed by atoms with Crippen molar-refractivity contribution < 1.29 is 23.8 Å². The number of carbonyl (C=O) groups excluding carboxylic acids is 2. The topological polar surface area (TPSA) is 76.5 Å². The van der Waals surface area contributed by atoms with Crippen molar-refractivity contribution in [3.63, 3.8) is 0 Å². The van der Waals surface area contributed by atoms with Gasteiger partial charge in [-0.2, -0.15) is 0 Å². The Bertz CT molecular complexity index is 1140. The van der Waals surface area contributed by atoms with Crippen molar-refractivity contribution in [1.29, 1.82) is 0 Å². The lowest BCUT2D eigenvalue weighted by molar-refractivity contribution is -0.158. The van der Waals surface area contributed by atoms with Crippen LogP contribution in [0.4, 0.5) is 4.79 Å². The Labute approximate surface area is 212 Å². The second-order valence-corrected chi connectivity index (χ2v) is 9.59. The second-order valence-electron chi connectivity index (χ2n) is 9.59. The van der Waals surface area contributed by atoms with Gasteiger partial charge in [0.1, 0.15) is 5.75 Å². The smallest absolute Gasteiger partial charge is 0.421 e. The van der Waals surface area contributed by atoms with Gasteiger partial charge in [0.2, 0.25) is 6.79 Å². The van der Waals surface area contributed by atoms with Gasteiger partial charge in [0.05, 0.1) is 18.5 Å². The monoisotopic (exact) mass is 496 g/mol. The largest absolute Gasteiger partial charge is 0.497 e. The fourth-order valence-electron chi connectivity index (χ4n) is 4.71. The molecule has 0 N–H and O–H groups in total. The van der Waals surface area contributed by atoms with Crippen LogP contribution in [0.1, 0.15) is 24.8 Å². The maximum Gasteiger partial charge on any atom is 0.421 e. The first kappa shape index (κ1) is 25.6. The zero-order valence-electron chi connectivity index (χ0n) is 21.6. The summed E-state index contributed by atoms with van der Waals surface area (Å²) in [5.74, 6) is 0.146. The molecule has 1 saturated heterocycles. The molecule has 0 aliphatic carbocycles. The highest BCUT2D eigenvalue weighted by Gasteiger charge is 2.27. The summed E-state index contributed by atoms with van der Waals surface area (Å²) < 4.78 is 17.5. The predicted octanol–water partition coefficient (Wildman–Crippen LogP) is 3.64. The minimum atomic E-state index is -0.589. The van der Waals surface area contributed by atoms with E-state index in [0.717, 1.165) is 56.3 Å². The quantitative estimate of drug-likeness (QED) is 0.405. The van der Waals surface area contributed by atoms with Crippen molar-refractivity contribution in [2.45, 2.75) is 25.7 Å². The molecule has 9 nitrogen and oxygen atoms in total. The lowest BCUT2D eigenvalue weighted by atomic mass is 9.96. The van der Waals surface area contributed by atoms with E-state index in [1.165, 1.54) is 10.3 Å². The third kappa shape index (κ3) is 6.02. The molecule has 0 unspecified atom stereocenters. The fraction of sp³-hybridized carbons (Fsp3) is 0.481. The van der Waals surface area contributed by atoms with E-state index in [-0.39, 0.29) is 11.9 Å². The number of likely N-dealkylation sites (tertiary alicyclic amines) is 1. The molecule has 0 bridgehead atoms. The Morgan fingerprint density at radius 3 is 2.61 bits per heavy atom. The highest BCUT2D eigenvalue weighted by molar-refractivity contribution is 5.92. The van der Waals surface area contributed by atoms with Crippen LogP contribution in [0.25, 0.3) is 10.9 Å². The highest BCUT2D eigenvalue weighted by Crippen LogP contribution is 2.27. The number of piperidine rings is 1. The lowest BCUT2D eigenvalue weighted by Crippen LogP contribution is -2.37. The number of methoxy groups -OCH3 is 1. The van der Waals surface area contributed by atoms with E-state index < -0.39 is 12.9 Å². The Morgan fingerprint density at radius 2 is 1.92 bits per heavy atom. The summed E-state index contributed by atoms with van der Waals surface area (Å²) in [4.78, 5) is 32.0. The molecule has 1 aromatic carbocycles. The standard InChI is InChI=1S/C27H36N4O5/c1-28(2)13-9-21-17-31(25-16-23(34-4)7-8-24(21)25)27(33)36-19-35-26(32)20-10-14-30(15-11-20)22-6-5-12-29(3)18-22/h5,7-8,12,16-18,20H,6,9-11,13-15,19H2,1-4H3. The van der Waals surface area contributed by atoms with E-state index in [0.29, 0.717) is 11.3 Å². The molecule has 3 heterocycles. The molecule has 2 aliphatic rings. The molecular weight excluding hydrogens is 460 g/mol. The summed E-state index contributed by atoms with van der Waals surface area (Å²) in [7, 11) is 7.62. The number of hydrogen-bond acceptors (Lipinski definition) is 8. The predicted molar refractivity (Wildman–Crippen MR) is 137 cm³/mol. The minimum Gasteiger partial charge on any atom is -0.497 e. The molecule has 36 heavy (non-hydrogen) atoms. The van der Waals surface area contributed by atoms with Crippen LogP contribution >= 0.6 is 0 Å². The zero-order valence-corrected chi connectivity index (χ0v) is 21.6. The van der Waals surface area contributed by atoms with Crippen LogP contribution in [0.2, 0.25) is 0 Å². The van der Waals surface area contributed by atoms with Gasteiger partial charge in [0.15, 0.2) is 0 Å². The van der Waals surface area contributed by atoms with Gasteiger partial charge in [-0.05, 0) is 57.3 Å². The molecule has 0 amide bonds. The Morgan fingerprint density at radius 1 is 1.14 bits per heavy atom. The number of ether oxygens (including phenoxy) is 3. The molecule has 0 saturated carbocycles. The maximum atomic E-state index is 12.9. The van der Waals surface area contributed by atoms with E-state index in [9.17, 15) is 9.59 Å². The van der Waals surface area contributed by atoms with Crippen molar-refractivity contribution >= 4 is 23.0 Å². The number of fused-ring (bicyclic) bond motifs is 1. The van der Waals surface area contributed by atoms with Crippen molar-refractivity contribution in [3.05, 3.63) is 54.1 Å². The Kier molecular flexibility index (Phi) is 8.20. The Balaban J connectivity index is 1.32. The first-order chi connectivity index (χ1) is 17.4. The summed E-state index contributed by atoms with van der Waals surface area (Å²) in [6, 6.07) is 5.64. The summed E-state index contributed by atoms with van der Waals surface area (Å²) >= 11 is 0. The number of allylic oxidation sites excluding steroid dienone is 1. The van der Waals surface area contributed by atoms with Crippen molar-refractivity contribution in [2.75, 3.05) is 54.7 Å². The molecule has 4 rings (SSSR count). The number of hydrogen-bond donors (Lipinski definition) is 0. The number of likely N-dealkylation sites (N-methyl/N-ethyl adjacent to an activating group) is 1. The van der Waals surface area contributed by atoms with Gasteiger partial charge in [0, 0.05) is 62.6 Å². The van der Waals surface area contributed by atoms with Gasteiger partial charge in [-0.15, -0.1) is 0 Å².